The van der Waals surface area contributed by atoms with Crippen LogP contribution in [0.25, 0.3) is 0 Å². The molecule has 1 aromatic heterocycles. The van der Waals surface area contributed by atoms with Crippen molar-refractivity contribution >= 4 is 15.9 Å². The van der Waals surface area contributed by atoms with E-state index in [1.165, 1.54) is 0 Å². The van der Waals surface area contributed by atoms with Crippen LogP contribution in [-0.2, 0) is 6.42 Å². The van der Waals surface area contributed by atoms with Crippen LogP contribution in [-0.4, -0.2) is 12.2 Å². The van der Waals surface area contributed by atoms with Gasteiger partial charge in [-0.2, -0.15) is 0 Å². The lowest BCUT2D eigenvalue weighted by molar-refractivity contribution is 0.176. The fraction of sp³-hybridized carbons (Fsp3) is 0.286. The number of hydrogen-bond donors (Lipinski definition) is 1. The normalized spacial score (nSPS) is 12.4. The molecule has 0 bridgehead atoms. The Kier molecular flexibility index (Phi) is 4.09. The zero-order valence-corrected chi connectivity index (χ0v) is 11.9. The van der Waals surface area contributed by atoms with Crippen molar-refractivity contribution in [3.8, 4) is 5.75 Å². The van der Waals surface area contributed by atoms with Crippen molar-refractivity contribution in [1.29, 1.82) is 0 Å². The third kappa shape index (κ3) is 2.76. The molecule has 1 aromatic carbocycles. The molecule has 0 aliphatic carbocycles. The molecule has 0 saturated carbocycles. The highest BCUT2D eigenvalue weighted by molar-refractivity contribution is 9.10. The summed E-state index contributed by atoms with van der Waals surface area (Å²) in [5.74, 6) is 1.53. The van der Waals surface area contributed by atoms with Gasteiger partial charge in [-0.05, 0) is 36.8 Å². The molecule has 2 aromatic rings. The zero-order valence-electron chi connectivity index (χ0n) is 10.3. The number of ether oxygens (including phenoxy) is 1. The number of halogens is 1. The maximum absolute atomic E-state index is 10.2. The van der Waals surface area contributed by atoms with Gasteiger partial charge < -0.3 is 14.3 Å². The summed E-state index contributed by atoms with van der Waals surface area (Å²) in [4.78, 5) is 0. The summed E-state index contributed by atoms with van der Waals surface area (Å²) in [7, 11) is 1.63. The van der Waals surface area contributed by atoms with Crippen LogP contribution >= 0.6 is 15.9 Å². The van der Waals surface area contributed by atoms with Crippen molar-refractivity contribution < 1.29 is 14.3 Å². The van der Waals surface area contributed by atoms with Crippen molar-refractivity contribution in [3.63, 3.8) is 0 Å². The molecule has 0 spiro atoms. The number of aliphatic hydroxyl groups is 1. The Morgan fingerprint density at radius 3 is 2.78 bits per heavy atom. The molecule has 0 aliphatic heterocycles. The minimum atomic E-state index is -0.577. The predicted molar refractivity (Wildman–Crippen MR) is 72.8 cm³/mol. The summed E-state index contributed by atoms with van der Waals surface area (Å²) in [6.07, 6.45) is 1.53. The monoisotopic (exact) mass is 310 g/mol. The van der Waals surface area contributed by atoms with Crippen LogP contribution < -0.4 is 4.74 Å². The molecule has 0 aliphatic rings. The lowest BCUT2D eigenvalue weighted by Gasteiger charge is -2.12. The Morgan fingerprint density at radius 1 is 1.39 bits per heavy atom. The number of aliphatic hydroxyl groups excluding tert-OH is 1. The Hall–Kier alpha value is -1.26. The van der Waals surface area contributed by atoms with Crippen LogP contribution in [0.5, 0.6) is 5.75 Å². The quantitative estimate of drug-likeness (QED) is 0.937. The topological polar surface area (TPSA) is 42.6 Å². The fourth-order valence-corrected chi connectivity index (χ4v) is 2.30. The van der Waals surface area contributed by atoms with Crippen molar-refractivity contribution in [2.24, 2.45) is 0 Å². The molecule has 0 saturated heterocycles. The summed E-state index contributed by atoms with van der Waals surface area (Å²) >= 11 is 3.48. The lowest BCUT2D eigenvalue weighted by Crippen LogP contribution is -2.03. The smallest absolute Gasteiger partial charge is 0.119 e. The van der Waals surface area contributed by atoms with E-state index in [1.807, 2.05) is 25.1 Å². The van der Waals surface area contributed by atoms with Gasteiger partial charge in [-0.3, -0.25) is 0 Å². The molecule has 1 heterocycles. The molecule has 96 valence electrons. The third-order valence-electron chi connectivity index (χ3n) is 2.92. The van der Waals surface area contributed by atoms with Gasteiger partial charge in [0.2, 0.25) is 0 Å². The average Bonchev–Trinajstić information content (AvgIpc) is 2.78. The predicted octanol–water partition coefficient (Wildman–Crippen LogP) is 3.64. The summed E-state index contributed by atoms with van der Waals surface area (Å²) in [6, 6.07) is 7.52. The summed E-state index contributed by atoms with van der Waals surface area (Å²) in [6.45, 7) is 1.85. The fourth-order valence-electron chi connectivity index (χ4n) is 1.89. The Bertz CT molecular complexity index is 534. The van der Waals surface area contributed by atoms with E-state index in [2.05, 4.69) is 15.9 Å². The van der Waals surface area contributed by atoms with E-state index in [0.29, 0.717) is 6.42 Å². The maximum Gasteiger partial charge on any atom is 0.119 e. The van der Waals surface area contributed by atoms with Crippen molar-refractivity contribution in [3.05, 3.63) is 51.9 Å². The molecule has 2 rings (SSSR count). The molecule has 0 amide bonds. The molecule has 1 atom stereocenters. The number of rotatable bonds is 4. The van der Waals surface area contributed by atoms with E-state index in [1.54, 1.807) is 19.4 Å². The molecular formula is C14H15BrO3. The number of aryl methyl sites for hydroxylation is 1. The first-order chi connectivity index (χ1) is 8.61. The summed E-state index contributed by atoms with van der Waals surface area (Å²) < 4.78 is 11.3. The Morgan fingerprint density at radius 2 is 2.17 bits per heavy atom. The number of methoxy groups -OCH3 is 1. The first-order valence-corrected chi connectivity index (χ1v) is 6.45. The van der Waals surface area contributed by atoms with Crippen LogP contribution in [0.4, 0.5) is 0 Å². The second kappa shape index (κ2) is 5.59. The molecular weight excluding hydrogens is 296 g/mol. The van der Waals surface area contributed by atoms with E-state index in [0.717, 1.165) is 27.1 Å². The van der Waals surface area contributed by atoms with E-state index in [9.17, 15) is 5.11 Å². The largest absolute Gasteiger partial charge is 0.497 e. The summed E-state index contributed by atoms with van der Waals surface area (Å²) in [5.41, 5.74) is 1.83. The van der Waals surface area contributed by atoms with Gasteiger partial charge in [0.15, 0.2) is 0 Å². The van der Waals surface area contributed by atoms with Gasteiger partial charge in [-0.1, -0.05) is 15.9 Å². The van der Waals surface area contributed by atoms with E-state index in [-0.39, 0.29) is 0 Å². The van der Waals surface area contributed by atoms with Gasteiger partial charge in [0.25, 0.3) is 0 Å². The molecule has 18 heavy (non-hydrogen) atoms. The second-order valence-electron chi connectivity index (χ2n) is 4.11. The van der Waals surface area contributed by atoms with Gasteiger partial charge in [0, 0.05) is 16.5 Å². The first-order valence-electron chi connectivity index (χ1n) is 5.66. The highest BCUT2D eigenvalue weighted by Gasteiger charge is 2.15. The molecule has 0 fully saturated rings. The van der Waals surface area contributed by atoms with E-state index in [4.69, 9.17) is 9.15 Å². The van der Waals surface area contributed by atoms with Crippen molar-refractivity contribution in [2.75, 3.05) is 7.11 Å². The van der Waals surface area contributed by atoms with Gasteiger partial charge >= 0.3 is 0 Å². The van der Waals surface area contributed by atoms with Crippen molar-refractivity contribution in [1.82, 2.24) is 0 Å². The molecule has 1 unspecified atom stereocenters. The van der Waals surface area contributed by atoms with Gasteiger partial charge in [0.05, 0.1) is 19.5 Å². The maximum atomic E-state index is 10.2. The standard InChI is InChI=1S/C14H15BrO3/c1-9-12(5-6-18-9)14(16)8-10-7-11(17-2)3-4-13(10)15/h3-7,14,16H,8H2,1-2H3. The number of furan rings is 1. The lowest BCUT2D eigenvalue weighted by atomic mass is 10.0. The van der Waals surface area contributed by atoms with Gasteiger partial charge in [0.1, 0.15) is 11.5 Å². The minimum absolute atomic E-state index is 0.512. The van der Waals surface area contributed by atoms with E-state index < -0.39 is 6.10 Å². The molecule has 0 radical (unpaired) electrons. The SMILES string of the molecule is COc1ccc(Br)c(CC(O)c2ccoc2C)c1. The van der Waals surface area contributed by atoms with Crippen LogP contribution in [0.3, 0.4) is 0 Å². The van der Waals surface area contributed by atoms with Crippen molar-refractivity contribution in [2.45, 2.75) is 19.4 Å². The van der Waals surface area contributed by atoms with E-state index >= 15 is 0 Å². The zero-order chi connectivity index (χ0) is 13.1. The second-order valence-corrected chi connectivity index (χ2v) is 4.96. The molecule has 3 nitrogen and oxygen atoms in total. The minimum Gasteiger partial charge on any atom is -0.497 e. The van der Waals surface area contributed by atoms with Crippen LogP contribution in [0, 0.1) is 6.92 Å². The van der Waals surface area contributed by atoms with Crippen LogP contribution in [0.15, 0.2) is 39.4 Å². The highest BCUT2D eigenvalue weighted by Crippen LogP contribution is 2.28. The number of benzene rings is 1. The Balaban J connectivity index is 2.21. The highest BCUT2D eigenvalue weighted by atomic mass is 79.9. The van der Waals surface area contributed by atoms with Gasteiger partial charge in [-0.25, -0.2) is 0 Å². The molecule has 4 heteroatoms. The van der Waals surface area contributed by atoms with Crippen LogP contribution in [0.1, 0.15) is 23.0 Å². The molecule has 1 N–H and O–H groups in total. The Labute approximate surface area is 115 Å². The summed E-state index contributed by atoms with van der Waals surface area (Å²) in [5, 5.41) is 10.2. The average molecular weight is 311 g/mol. The number of hydrogen-bond acceptors (Lipinski definition) is 3. The first kappa shape index (κ1) is 13.2. The third-order valence-corrected chi connectivity index (χ3v) is 3.70. The van der Waals surface area contributed by atoms with Gasteiger partial charge in [-0.15, -0.1) is 0 Å². The van der Waals surface area contributed by atoms with Crippen LogP contribution in [0.2, 0.25) is 0 Å².